The first-order chi connectivity index (χ1) is 10.6. The molecule has 0 saturated heterocycles. The van der Waals surface area contributed by atoms with Crippen molar-refractivity contribution in [3.63, 3.8) is 0 Å². The molecule has 0 bridgehead atoms. The zero-order valence-corrected chi connectivity index (χ0v) is 14.8. The fourth-order valence-electron chi connectivity index (χ4n) is 1.67. The first-order valence-corrected chi connectivity index (χ1v) is 8.86. The van der Waals surface area contributed by atoms with E-state index in [1.165, 1.54) is 11.8 Å². The largest absolute Gasteiger partial charge is 0.272 e. The highest BCUT2D eigenvalue weighted by Gasteiger charge is 2.01. The molecule has 0 saturated carbocycles. The van der Waals surface area contributed by atoms with Gasteiger partial charge in [-0.3, -0.25) is 4.79 Å². The van der Waals surface area contributed by atoms with Gasteiger partial charge in [-0.2, -0.15) is 5.10 Å². The number of thioether (sulfide) groups is 1. The molecule has 0 atom stereocenters. The van der Waals surface area contributed by atoms with E-state index in [1.54, 1.807) is 6.21 Å². The molecule has 0 aromatic heterocycles. The Morgan fingerprint density at radius 2 is 2.09 bits per heavy atom. The van der Waals surface area contributed by atoms with Crippen molar-refractivity contribution in [2.75, 3.05) is 5.75 Å². The molecule has 6 heteroatoms. The first kappa shape index (κ1) is 17.1. The summed E-state index contributed by atoms with van der Waals surface area (Å²) in [6, 6.07) is 15.3. The molecule has 2 aromatic rings. The quantitative estimate of drug-likeness (QED) is 0.576. The Kier molecular flexibility index (Phi) is 6.96. The molecule has 0 unspecified atom stereocenters. The number of rotatable bonds is 6. The van der Waals surface area contributed by atoms with Crippen molar-refractivity contribution in [2.45, 2.75) is 5.75 Å². The minimum Gasteiger partial charge on any atom is -0.272 e. The monoisotopic (exact) mass is 396 g/mol. The van der Waals surface area contributed by atoms with Gasteiger partial charge in [0.1, 0.15) is 0 Å². The van der Waals surface area contributed by atoms with Crippen LogP contribution in [0.25, 0.3) is 0 Å². The highest BCUT2D eigenvalue weighted by atomic mass is 79.9. The van der Waals surface area contributed by atoms with Gasteiger partial charge in [-0.05, 0) is 23.8 Å². The van der Waals surface area contributed by atoms with Gasteiger partial charge in [0.25, 0.3) is 0 Å². The summed E-state index contributed by atoms with van der Waals surface area (Å²) < 4.78 is 0.934. The molecule has 114 valence electrons. The normalized spacial score (nSPS) is 10.8. The number of amides is 1. The summed E-state index contributed by atoms with van der Waals surface area (Å²) in [5.41, 5.74) is 4.53. The van der Waals surface area contributed by atoms with E-state index < -0.39 is 0 Å². The predicted octanol–water partition coefficient (Wildman–Crippen LogP) is 4.49. The summed E-state index contributed by atoms with van der Waals surface area (Å²) >= 11 is 10.9. The third-order valence-corrected chi connectivity index (χ3v) is 4.65. The van der Waals surface area contributed by atoms with Gasteiger partial charge in [0.2, 0.25) is 5.91 Å². The molecule has 0 aliphatic carbocycles. The lowest BCUT2D eigenvalue weighted by atomic mass is 10.2. The van der Waals surface area contributed by atoms with Crippen molar-refractivity contribution < 1.29 is 4.79 Å². The van der Waals surface area contributed by atoms with Crippen LogP contribution in [-0.4, -0.2) is 17.9 Å². The second-order valence-electron chi connectivity index (χ2n) is 4.44. The second kappa shape index (κ2) is 8.98. The van der Waals surface area contributed by atoms with Crippen molar-refractivity contribution in [3.8, 4) is 0 Å². The van der Waals surface area contributed by atoms with Gasteiger partial charge < -0.3 is 0 Å². The SMILES string of the molecule is O=C(CSCc1cccc(Cl)c1)N/N=C\c1ccccc1Br. The smallest absolute Gasteiger partial charge is 0.250 e. The Morgan fingerprint density at radius 3 is 2.86 bits per heavy atom. The third-order valence-electron chi connectivity index (χ3n) is 2.69. The number of carbonyl (C=O) groups excluding carboxylic acids is 1. The number of hydrogen-bond donors (Lipinski definition) is 1. The number of hydrogen-bond acceptors (Lipinski definition) is 3. The van der Waals surface area contributed by atoms with Crippen LogP contribution in [0.15, 0.2) is 58.1 Å². The molecule has 0 aliphatic heterocycles. The fourth-order valence-corrected chi connectivity index (χ4v) is 3.04. The molecule has 22 heavy (non-hydrogen) atoms. The van der Waals surface area contributed by atoms with Gasteiger partial charge in [-0.1, -0.05) is 57.9 Å². The number of carbonyl (C=O) groups is 1. The first-order valence-electron chi connectivity index (χ1n) is 6.54. The van der Waals surface area contributed by atoms with E-state index >= 15 is 0 Å². The maximum absolute atomic E-state index is 11.7. The number of nitrogens with zero attached hydrogens (tertiary/aromatic N) is 1. The van der Waals surface area contributed by atoms with Crippen LogP contribution in [0.5, 0.6) is 0 Å². The number of hydrazone groups is 1. The Bertz CT molecular complexity index is 679. The molecular weight excluding hydrogens is 384 g/mol. The van der Waals surface area contributed by atoms with Crippen LogP contribution in [0.2, 0.25) is 5.02 Å². The van der Waals surface area contributed by atoms with Crippen LogP contribution in [0.3, 0.4) is 0 Å². The lowest BCUT2D eigenvalue weighted by molar-refractivity contribution is -0.118. The van der Waals surface area contributed by atoms with Crippen molar-refractivity contribution in [2.24, 2.45) is 5.10 Å². The van der Waals surface area contributed by atoms with Gasteiger partial charge in [-0.15, -0.1) is 11.8 Å². The summed E-state index contributed by atoms with van der Waals surface area (Å²) in [5, 5.41) is 4.66. The van der Waals surface area contributed by atoms with Crippen LogP contribution in [0.4, 0.5) is 0 Å². The Balaban J connectivity index is 1.73. The highest BCUT2D eigenvalue weighted by molar-refractivity contribution is 9.10. The molecule has 0 spiro atoms. The van der Waals surface area contributed by atoms with Crippen LogP contribution in [-0.2, 0) is 10.5 Å². The molecular formula is C16H14BrClN2OS. The van der Waals surface area contributed by atoms with Gasteiger partial charge in [-0.25, -0.2) is 5.43 Å². The standard InChI is InChI=1S/C16H14BrClN2OS/c17-15-7-2-1-5-13(15)9-19-20-16(21)11-22-10-12-4-3-6-14(18)8-12/h1-9H,10-11H2,(H,20,21)/b19-9-. The highest BCUT2D eigenvalue weighted by Crippen LogP contribution is 2.16. The van der Waals surface area contributed by atoms with Crippen molar-refractivity contribution in [1.82, 2.24) is 5.43 Å². The molecule has 0 aliphatic rings. The average Bonchev–Trinajstić information content (AvgIpc) is 2.49. The number of benzene rings is 2. The number of halogens is 2. The van der Waals surface area contributed by atoms with Crippen molar-refractivity contribution >= 4 is 51.4 Å². The summed E-state index contributed by atoms with van der Waals surface area (Å²) in [7, 11) is 0. The molecule has 2 aromatic carbocycles. The lowest BCUT2D eigenvalue weighted by Gasteiger charge is -2.02. The van der Waals surface area contributed by atoms with E-state index in [2.05, 4.69) is 26.5 Å². The average molecular weight is 398 g/mol. The van der Waals surface area contributed by atoms with Gasteiger partial charge in [0.05, 0.1) is 12.0 Å². The molecule has 0 heterocycles. The summed E-state index contributed by atoms with van der Waals surface area (Å²) in [6.07, 6.45) is 1.61. The van der Waals surface area contributed by atoms with E-state index in [0.717, 1.165) is 21.4 Å². The maximum Gasteiger partial charge on any atom is 0.250 e. The predicted molar refractivity (Wildman–Crippen MR) is 97.5 cm³/mol. The minimum atomic E-state index is -0.129. The topological polar surface area (TPSA) is 41.5 Å². The van der Waals surface area contributed by atoms with E-state index in [0.29, 0.717) is 10.8 Å². The molecule has 3 nitrogen and oxygen atoms in total. The van der Waals surface area contributed by atoms with E-state index in [1.807, 2.05) is 48.5 Å². The molecule has 1 N–H and O–H groups in total. The van der Waals surface area contributed by atoms with Crippen molar-refractivity contribution in [3.05, 3.63) is 69.2 Å². The van der Waals surface area contributed by atoms with Gasteiger partial charge in [0.15, 0.2) is 0 Å². The molecule has 0 radical (unpaired) electrons. The summed E-state index contributed by atoms with van der Waals surface area (Å²) in [6.45, 7) is 0. The summed E-state index contributed by atoms with van der Waals surface area (Å²) in [5.74, 6) is 0.956. The third kappa shape index (κ3) is 5.83. The fraction of sp³-hybridized carbons (Fsp3) is 0.125. The van der Waals surface area contributed by atoms with Crippen LogP contribution in [0, 0.1) is 0 Å². The van der Waals surface area contributed by atoms with E-state index in [9.17, 15) is 4.79 Å². The van der Waals surface area contributed by atoms with E-state index in [-0.39, 0.29) is 5.91 Å². The second-order valence-corrected chi connectivity index (χ2v) is 6.71. The van der Waals surface area contributed by atoms with Gasteiger partial charge >= 0.3 is 0 Å². The number of nitrogens with one attached hydrogen (secondary N) is 1. The van der Waals surface area contributed by atoms with E-state index in [4.69, 9.17) is 11.6 Å². The van der Waals surface area contributed by atoms with Crippen LogP contribution < -0.4 is 5.43 Å². The van der Waals surface area contributed by atoms with Crippen LogP contribution in [0.1, 0.15) is 11.1 Å². The Labute approximate surface area is 147 Å². The summed E-state index contributed by atoms with van der Waals surface area (Å²) in [4.78, 5) is 11.7. The zero-order chi connectivity index (χ0) is 15.8. The zero-order valence-electron chi connectivity index (χ0n) is 11.6. The van der Waals surface area contributed by atoms with Crippen LogP contribution >= 0.6 is 39.3 Å². The molecule has 0 fully saturated rings. The maximum atomic E-state index is 11.7. The minimum absolute atomic E-state index is 0.129. The Morgan fingerprint density at radius 1 is 1.27 bits per heavy atom. The van der Waals surface area contributed by atoms with Crippen molar-refractivity contribution in [1.29, 1.82) is 0 Å². The van der Waals surface area contributed by atoms with Gasteiger partial charge in [0, 0.05) is 20.8 Å². The molecule has 2 rings (SSSR count). The Hall–Kier alpha value is -1.30. The molecule has 1 amide bonds. The lowest BCUT2D eigenvalue weighted by Crippen LogP contribution is -2.19.